The number of carbonyl (C=O) groups excluding carboxylic acids is 3. The highest BCUT2D eigenvalue weighted by Crippen LogP contribution is 2.21. The van der Waals surface area contributed by atoms with E-state index in [1.54, 1.807) is 29.2 Å². The fourth-order valence-electron chi connectivity index (χ4n) is 2.96. The van der Waals surface area contributed by atoms with Crippen LogP contribution in [0.2, 0.25) is 5.02 Å². The molecule has 0 aliphatic carbocycles. The lowest BCUT2D eigenvalue weighted by molar-refractivity contribution is -0.143. The van der Waals surface area contributed by atoms with Crippen molar-refractivity contribution < 1.29 is 14.4 Å². The number of amides is 2. The topological polar surface area (TPSA) is 69.7 Å². The van der Waals surface area contributed by atoms with E-state index in [0.29, 0.717) is 42.5 Å². The second kappa shape index (κ2) is 8.22. The number of anilines is 2. The number of carbonyl (C=O) groups is 3. The first-order chi connectivity index (χ1) is 12.9. The molecule has 1 fully saturated rings. The number of hydrogen-bond donors (Lipinski definition) is 1. The van der Waals surface area contributed by atoms with Crippen LogP contribution >= 0.6 is 11.6 Å². The molecule has 0 bridgehead atoms. The molecule has 1 heterocycles. The number of ketones is 1. The van der Waals surface area contributed by atoms with Gasteiger partial charge in [0.25, 0.3) is 0 Å². The molecule has 0 saturated carbocycles. The molecule has 0 radical (unpaired) electrons. The van der Waals surface area contributed by atoms with Crippen molar-refractivity contribution in [2.45, 2.75) is 6.92 Å². The van der Waals surface area contributed by atoms with Crippen molar-refractivity contribution in [3.8, 4) is 0 Å². The van der Waals surface area contributed by atoms with Gasteiger partial charge in [0.1, 0.15) is 0 Å². The van der Waals surface area contributed by atoms with Gasteiger partial charge in [-0.3, -0.25) is 14.4 Å². The highest BCUT2D eigenvalue weighted by molar-refractivity contribution is 6.39. The minimum atomic E-state index is -0.679. The molecule has 3 rings (SSSR count). The molecule has 1 aliphatic heterocycles. The first-order valence-electron chi connectivity index (χ1n) is 8.66. The highest BCUT2D eigenvalue weighted by atomic mass is 35.5. The second-order valence-corrected chi connectivity index (χ2v) is 6.78. The van der Waals surface area contributed by atoms with Crippen LogP contribution in [0.25, 0.3) is 0 Å². The van der Waals surface area contributed by atoms with E-state index in [2.05, 4.69) is 10.2 Å². The van der Waals surface area contributed by atoms with Crippen molar-refractivity contribution in [3.05, 3.63) is 59.1 Å². The van der Waals surface area contributed by atoms with Crippen LogP contribution < -0.4 is 10.2 Å². The Morgan fingerprint density at radius 3 is 2.22 bits per heavy atom. The molecule has 2 aromatic carbocycles. The fraction of sp³-hybridized carbons (Fsp3) is 0.250. The summed E-state index contributed by atoms with van der Waals surface area (Å²) in [6, 6.07) is 14.0. The van der Waals surface area contributed by atoms with Crippen molar-refractivity contribution in [2.24, 2.45) is 0 Å². The summed E-state index contributed by atoms with van der Waals surface area (Å²) in [4.78, 5) is 39.6. The summed E-state index contributed by atoms with van der Waals surface area (Å²) < 4.78 is 0. The van der Waals surface area contributed by atoms with Crippen LogP contribution in [-0.2, 0) is 9.59 Å². The van der Waals surface area contributed by atoms with E-state index in [9.17, 15) is 14.4 Å². The average Bonchev–Trinajstić information content (AvgIpc) is 2.68. The predicted molar refractivity (Wildman–Crippen MR) is 105 cm³/mol. The van der Waals surface area contributed by atoms with Gasteiger partial charge in [-0.2, -0.15) is 0 Å². The van der Waals surface area contributed by atoms with Gasteiger partial charge in [0, 0.05) is 48.1 Å². The lowest BCUT2D eigenvalue weighted by Crippen LogP contribution is -2.51. The van der Waals surface area contributed by atoms with Gasteiger partial charge in [-0.15, -0.1) is 0 Å². The maximum atomic E-state index is 12.4. The zero-order valence-corrected chi connectivity index (χ0v) is 15.7. The van der Waals surface area contributed by atoms with Gasteiger partial charge >= 0.3 is 11.8 Å². The molecular weight excluding hydrogens is 366 g/mol. The Balaban J connectivity index is 1.55. The van der Waals surface area contributed by atoms with E-state index in [1.165, 1.54) is 6.92 Å². The highest BCUT2D eigenvalue weighted by Gasteiger charge is 2.26. The largest absolute Gasteiger partial charge is 0.368 e. The molecule has 27 heavy (non-hydrogen) atoms. The van der Waals surface area contributed by atoms with Crippen molar-refractivity contribution in [2.75, 3.05) is 36.4 Å². The smallest absolute Gasteiger partial charge is 0.313 e. The van der Waals surface area contributed by atoms with Crippen LogP contribution in [-0.4, -0.2) is 48.7 Å². The Hall–Kier alpha value is -2.86. The van der Waals surface area contributed by atoms with E-state index in [1.807, 2.05) is 24.3 Å². The molecular formula is C20H20ClN3O3. The monoisotopic (exact) mass is 385 g/mol. The number of Topliss-reactive ketones (excluding diaryl/α,β-unsaturated/α-hetero) is 1. The third-order valence-electron chi connectivity index (χ3n) is 4.48. The van der Waals surface area contributed by atoms with Gasteiger partial charge in [0.15, 0.2) is 5.78 Å². The van der Waals surface area contributed by atoms with Crippen LogP contribution in [0.1, 0.15) is 17.3 Å². The second-order valence-electron chi connectivity index (χ2n) is 6.35. The maximum Gasteiger partial charge on any atom is 0.313 e. The molecule has 7 heteroatoms. The van der Waals surface area contributed by atoms with Crippen LogP contribution in [0.5, 0.6) is 0 Å². The van der Waals surface area contributed by atoms with Crippen molar-refractivity contribution in [1.82, 2.24) is 4.90 Å². The summed E-state index contributed by atoms with van der Waals surface area (Å²) in [6.45, 7) is 3.66. The van der Waals surface area contributed by atoms with Gasteiger partial charge < -0.3 is 15.1 Å². The van der Waals surface area contributed by atoms with Crippen molar-refractivity contribution in [1.29, 1.82) is 0 Å². The number of nitrogens with zero attached hydrogens (tertiary/aromatic N) is 2. The third-order valence-corrected chi connectivity index (χ3v) is 4.72. The van der Waals surface area contributed by atoms with E-state index in [4.69, 9.17) is 11.6 Å². The summed E-state index contributed by atoms with van der Waals surface area (Å²) in [7, 11) is 0. The fourth-order valence-corrected chi connectivity index (χ4v) is 3.14. The average molecular weight is 386 g/mol. The zero-order valence-electron chi connectivity index (χ0n) is 14.9. The van der Waals surface area contributed by atoms with Crippen LogP contribution in [0.4, 0.5) is 11.4 Å². The van der Waals surface area contributed by atoms with Gasteiger partial charge in [0.05, 0.1) is 0 Å². The SMILES string of the molecule is CC(=O)c1ccc(NC(=O)C(=O)N2CCN(c3cccc(Cl)c3)CC2)cc1. The van der Waals surface area contributed by atoms with Crippen molar-refractivity contribution >= 4 is 40.6 Å². The predicted octanol–water partition coefficient (Wildman–Crippen LogP) is 2.83. The number of benzene rings is 2. The van der Waals surface area contributed by atoms with Crippen LogP contribution in [0.15, 0.2) is 48.5 Å². The summed E-state index contributed by atoms with van der Waals surface area (Å²) in [5, 5.41) is 3.25. The Bertz CT molecular complexity index is 859. The first kappa shape index (κ1) is 18.9. The summed E-state index contributed by atoms with van der Waals surface area (Å²) in [5.74, 6) is -1.29. The minimum Gasteiger partial charge on any atom is -0.368 e. The molecule has 1 aliphatic rings. The third kappa shape index (κ3) is 4.65. The molecule has 140 valence electrons. The molecule has 1 N–H and O–H groups in total. The van der Waals surface area contributed by atoms with E-state index in [-0.39, 0.29) is 5.78 Å². The normalized spacial score (nSPS) is 14.0. The summed E-state index contributed by atoms with van der Waals surface area (Å²) in [5.41, 5.74) is 2.04. The number of halogens is 1. The number of piperazine rings is 1. The van der Waals surface area contributed by atoms with E-state index < -0.39 is 11.8 Å². The molecule has 6 nitrogen and oxygen atoms in total. The van der Waals surface area contributed by atoms with Gasteiger partial charge in [-0.05, 0) is 49.4 Å². The van der Waals surface area contributed by atoms with E-state index >= 15 is 0 Å². The van der Waals surface area contributed by atoms with Crippen LogP contribution in [0, 0.1) is 0 Å². The molecule has 0 aromatic heterocycles. The lowest BCUT2D eigenvalue weighted by Gasteiger charge is -2.35. The number of rotatable bonds is 3. The standard InChI is InChI=1S/C20H20ClN3O3/c1-14(25)15-5-7-17(8-6-15)22-19(26)20(27)24-11-9-23(10-12-24)18-4-2-3-16(21)13-18/h2-8,13H,9-12H2,1H3,(H,22,26). The summed E-state index contributed by atoms with van der Waals surface area (Å²) in [6.07, 6.45) is 0. The molecule has 1 saturated heterocycles. The first-order valence-corrected chi connectivity index (χ1v) is 9.03. The van der Waals surface area contributed by atoms with Crippen LogP contribution in [0.3, 0.4) is 0 Å². The summed E-state index contributed by atoms with van der Waals surface area (Å²) >= 11 is 6.03. The lowest BCUT2D eigenvalue weighted by atomic mass is 10.1. The molecule has 0 atom stereocenters. The Morgan fingerprint density at radius 2 is 1.63 bits per heavy atom. The van der Waals surface area contributed by atoms with E-state index in [0.717, 1.165) is 5.69 Å². The van der Waals surface area contributed by atoms with Crippen molar-refractivity contribution in [3.63, 3.8) is 0 Å². The maximum absolute atomic E-state index is 12.4. The quantitative estimate of drug-likeness (QED) is 0.651. The van der Waals surface area contributed by atoms with Gasteiger partial charge in [0.2, 0.25) is 0 Å². The minimum absolute atomic E-state index is 0.0541. The molecule has 2 amide bonds. The zero-order chi connectivity index (χ0) is 19.4. The molecule has 0 spiro atoms. The number of hydrogen-bond acceptors (Lipinski definition) is 4. The number of nitrogens with one attached hydrogen (secondary N) is 1. The molecule has 0 unspecified atom stereocenters. The Morgan fingerprint density at radius 1 is 0.963 bits per heavy atom. The van der Waals surface area contributed by atoms with Gasteiger partial charge in [-0.1, -0.05) is 17.7 Å². The van der Waals surface area contributed by atoms with Gasteiger partial charge in [-0.25, -0.2) is 0 Å². The Kier molecular flexibility index (Phi) is 5.76. The Labute approximate surface area is 162 Å². The molecule has 2 aromatic rings.